The van der Waals surface area contributed by atoms with Crippen LogP contribution in [0.4, 0.5) is 4.79 Å². The minimum atomic E-state index is -1.12. The summed E-state index contributed by atoms with van der Waals surface area (Å²) in [6, 6.07) is 15.0. The molecule has 152 valence electrons. The number of hydrogen-bond donors (Lipinski definition) is 3. The van der Waals surface area contributed by atoms with Crippen LogP contribution in [0.3, 0.4) is 0 Å². The summed E-state index contributed by atoms with van der Waals surface area (Å²) in [5, 5.41) is 13.9. The van der Waals surface area contributed by atoms with E-state index in [-0.39, 0.29) is 25.0 Å². The Labute approximate surface area is 169 Å². The molecule has 2 aromatic carbocycles. The van der Waals surface area contributed by atoms with Crippen molar-refractivity contribution < 1.29 is 24.2 Å². The van der Waals surface area contributed by atoms with E-state index in [4.69, 9.17) is 9.84 Å². The predicted octanol–water partition coefficient (Wildman–Crippen LogP) is 2.75. The first-order chi connectivity index (χ1) is 13.9. The first-order valence-corrected chi connectivity index (χ1v) is 9.49. The lowest BCUT2D eigenvalue weighted by molar-refractivity contribution is -0.142. The average molecular weight is 396 g/mol. The number of carboxylic acid groups (broad SMARTS) is 1. The molecule has 0 fully saturated rings. The number of fused-ring (bicyclic) bond motifs is 3. The Bertz CT molecular complexity index is 879. The largest absolute Gasteiger partial charge is 0.480 e. The molecule has 1 atom stereocenters. The zero-order valence-electron chi connectivity index (χ0n) is 16.3. The quantitative estimate of drug-likeness (QED) is 0.668. The lowest BCUT2D eigenvalue weighted by Crippen LogP contribution is -2.48. The van der Waals surface area contributed by atoms with Gasteiger partial charge in [0, 0.05) is 5.92 Å². The van der Waals surface area contributed by atoms with Crippen LogP contribution in [0, 0.1) is 5.92 Å². The van der Waals surface area contributed by atoms with Crippen LogP contribution in [0.15, 0.2) is 48.5 Å². The normalized spacial score (nSPS) is 13.3. The first kappa shape index (κ1) is 20.4. The van der Waals surface area contributed by atoms with Gasteiger partial charge in [-0.05, 0) is 28.2 Å². The molecular weight excluding hydrogens is 372 g/mol. The Morgan fingerprint density at radius 3 is 2.07 bits per heavy atom. The Morgan fingerprint density at radius 2 is 1.55 bits per heavy atom. The van der Waals surface area contributed by atoms with E-state index in [1.165, 1.54) is 0 Å². The van der Waals surface area contributed by atoms with Crippen LogP contribution >= 0.6 is 0 Å². The van der Waals surface area contributed by atoms with Gasteiger partial charge in [0.1, 0.15) is 19.2 Å². The van der Waals surface area contributed by atoms with Crippen molar-refractivity contribution in [2.75, 3.05) is 13.2 Å². The van der Waals surface area contributed by atoms with Gasteiger partial charge in [-0.1, -0.05) is 62.4 Å². The highest BCUT2D eigenvalue weighted by Gasteiger charge is 2.29. The average Bonchev–Trinajstić information content (AvgIpc) is 3.02. The molecule has 0 unspecified atom stereocenters. The maximum Gasteiger partial charge on any atom is 0.407 e. The van der Waals surface area contributed by atoms with E-state index >= 15 is 0 Å². The molecular formula is C22H24N2O5. The Kier molecular flexibility index (Phi) is 6.16. The molecule has 0 saturated carbocycles. The van der Waals surface area contributed by atoms with Crippen LogP contribution in [0.2, 0.25) is 0 Å². The number of amides is 2. The molecule has 2 aromatic rings. The smallest absolute Gasteiger partial charge is 0.407 e. The van der Waals surface area contributed by atoms with Gasteiger partial charge in [-0.15, -0.1) is 0 Å². The van der Waals surface area contributed by atoms with Crippen LogP contribution in [-0.2, 0) is 14.3 Å². The summed E-state index contributed by atoms with van der Waals surface area (Å²) in [6.45, 7) is 3.18. The highest BCUT2D eigenvalue weighted by molar-refractivity contribution is 5.86. The molecule has 3 rings (SSSR count). The van der Waals surface area contributed by atoms with Gasteiger partial charge in [0.25, 0.3) is 0 Å². The molecule has 0 radical (unpaired) electrons. The Morgan fingerprint density at radius 1 is 1.00 bits per heavy atom. The Hall–Kier alpha value is -3.35. The first-order valence-electron chi connectivity index (χ1n) is 9.49. The van der Waals surface area contributed by atoms with Crippen molar-refractivity contribution in [1.82, 2.24) is 10.6 Å². The second kappa shape index (κ2) is 8.77. The van der Waals surface area contributed by atoms with Crippen LogP contribution < -0.4 is 10.6 Å². The minimum absolute atomic E-state index is 0.0701. The van der Waals surface area contributed by atoms with Gasteiger partial charge in [0.05, 0.1) is 0 Å². The molecule has 0 spiro atoms. The van der Waals surface area contributed by atoms with Gasteiger partial charge in [0.15, 0.2) is 0 Å². The van der Waals surface area contributed by atoms with E-state index in [9.17, 15) is 14.4 Å². The van der Waals surface area contributed by atoms with Crippen molar-refractivity contribution in [3.63, 3.8) is 0 Å². The van der Waals surface area contributed by atoms with E-state index in [2.05, 4.69) is 10.6 Å². The highest BCUT2D eigenvalue weighted by Crippen LogP contribution is 2.44. The van der Waals surface area contributed by atoms with Crippen molar-refractivity contribution in [1.29, 1.82) is 0 Å². The number of alkyl carbamates (subject to hydrolysis) is 1. The zero-order chi connectivity index (χ0) is 21.0. The molecule has 0 heterocycles. The third-order valence-electron chi connectivity index (χ3n) is 4.99. The molecule has 0 bridgehead atoms. The van der Waals surface area contributed by atoms with E-state index in [1.807, 2.05) is 48.5 Å². The summed E-state index contributed by atoms with van der Waals surface area (Å²) < 4.78 is 5.34. The number of rotatable bonds is 7. The molecule has 3 N–H and O–H groups in total. The van der Waals surface area contributed by atoms with Gasteiger partial charge in [0.2, 0.25) is 5.91 Å². The van der Waals surface area contributed by atoms with Gasteiger partial charge < -0.3 is 20.5 Å². The molecule has 0 saturated heterocycles. The number of benzene rings is 2. The van der Waals surface area contributed by atoms with E-state index in [0.717, 1.165) is 22.3 Å². The number of carbonyl (C=O) groups excluding carboxylic acids is 2. The summed E-state index contributed by atoms with van der Waals surface area (Å²) >= 11 is 0. The number of ether oxygens (including phenoxy) is 1. The minimum Gasteiger partial charge on any atom is -0.480 e. The van der Waals surface area contributed by atoms with Gasteiger partial charge >= 0.3 is 12.1 Å². The predicted molar refractivity (Wildman–Crippen MR) is 107 cm³/mol. The number of hydrogen-bond acceptors (Lipinski definition) is 4. The molecule has 1 aliphatic carbocycles. The van der Waals surface area contributed by atoms with Gasteiger partial charge in [-0.3, -0.25) is 4.79 Å². The van der Waals surface area contributed by atoms with E-state index in [0.29, 0.717) is 0 Å². The molecule has 1 aliphatic rings. The monoisotopic (exact) mass is 396 g/mol. The summed E-state index contributed by atoms with van der Waals surface area (Å²) in [5.74, 6) is -2.04. The van der Waals surface area contributed by atoms with Crippen LogP contribution in [0.25, 0.3) is 11.1 Å². The fraction of sp³-hybridized carbons (Fsp3) is 0.318. The van der Waals surface area contributed by atoms with Crippen LogP contribution in [-0.4, -0.2) is 42.3 Å². The fourth-order valence-electron chi connectivity index (χ4n) is 3.54. The molecule has 7 nitrogen and oxygen atoms in total. The SMILES string of the molecule is CC(C)[C@H](NC(=O)CNC(=O)OCC1c2ccccc2-c2ccccc21)C(=O)O. The molecule has 7 heteroatoms. The molecule has 0 aromatic heterocycles. The summed E-state index contributed by atoms with van der Waals surface area (Å²) in [5.41, 5.74) is 4.45. The third-order valence-corrected chi connectivity index (χ3v) is 4.99. The van der Waals surface area contributed by atoms with Gasteiger partial charge in [-0.2, -0.15) is 0 Å². The standard InChI is InChI=1S/C22H24N2O5/c1-13(2)20(21(26)27)24-19(25)11-23-22(28)29-12-18-16-9-5-3-7-14(16)15-8-4-6-10-17(15)18/h3-10,13,18,20H,11-12H2,1-2H3,(H,23,28)(H,24,25)(H,26,27)/t20-/m0/s1. The summed E-state index contributed by atoms with van der Waals surface area (Å²) in [4.78, 5) is 35.1. The maximum atomic E-state index is 12.1. The van der Waals surface area contributed by atoms with Gasteiger partial charge in [-0.25, -0.2) is 9.59 Å². The second-order valence-electron chi connectivity index (χ2n) is 7.31. The van der Waals surface area contributed by atoms with Crippen molar-refractivity contribution in [3.8, 4) is 11.1 Å². The highest BCUT2D eigenvalue weighted by atomic mass is 16.5. The second-order valence-corrected chi connectivity index (χ2v) is 7.31. The van der Waals surface area contributed by atoms with Crippen molar-refractivity contribution in [3.05, 3.63) is 59.7 Å². The topological polar surface area (TPSA) is 105 Å². The number of nitrogens with one attached hydrogen (secondary N) is 2. The summed E-state index contributed by atoms with van der Waals surface area (Å²) in [7, 11) is 0. The number of aliphatic carboxylic acids is 1. The summed E-state index contributed by atoms with van der Waals surface area (Å²) in [6.07, 6.45) is -0.724. The molecule has 2 amide bonds. The van der Waals surface area contributed by atoms with Crippen LogP contribution in [0.5, 0.6) is 0 Å². The van der Waals surface area contributed by atoms with Crippen molar-refractivity contribution in [2.45, 2.75) is 25.8 Å². The molecule has 0 aliphatic heterocycles. The Balaban J connectivity index is 1.55. The van der Waals surface area contributed by atoms with Crippen molar-refractivity contribution in [2.24, 2.45) is 5.92 Å². The number of carbonyl (C=O) groups is 3. The number of carboxylic acids is 1. The van der Waals surface area contributed by atoms with E-state index in [1.54, 1.807) is 13.8 Å². The zero-order valence-corrected chi connectivity index (χ0v) is 16.3. The van der Waals surface area contributed by atoms with Crippen molar-refractivity contribution >= 4 is 18.0 Å². The maximum absolute atomic E-state index is 12.1. The lowest BCUT2D eigenvalue weighted by Gasteiger charge is -2.18. The fourth-order valence-corrected chi connectivity index (χ4v) is 3.54. The lowest BCUT2D eigenvalue weighted by atomic mass is 9.98. The van der Waals surface area contributed by atoms with Crippen LogP contribution in [0.1, 0.15) is 30.9 Å². The van der Waals surface area contributed by atoms with E-state index < -0.39 is 24.0 Å². The molecule has 29 heavy (non-hydrogen) atoms. The third kappa shape index (κ3) is 4.56.